The molecular weight excluding hydrogens is 235 g/mol. The zero-order valence-corrected chi connectivity index (χ0v) is 8.72. The van der Waals surface area contributed by atoms with E-state index in [1.54, 1.807) is 7.05 Å². The standard InChI is InChI=1S/C8H7ClF3NS/c1-13-14-7-3-2-5(4-6(7)9)8(10,11)12/h2-4,13H,1H3. The monoisotopic (exact) mass is 241 g/mol. The molecule has 0 radical (unpaired) electrons. The fourth-order valence-corrected chi connectivity index (χ4v) is 1.68. The zero-order valence-electron chi connectivity index (χ0n) is 7.15. The maximum atomic E-state index is 12.2. The van der Waals surface area contributed by atoms with E-state index in [1.807, 2.05) is 0 Å². The van der Waals surface area contributed by atoms with Crippen molar-refractivity contribution in [3.05, 3.63) is 28.8 Å². The van der Waals surface area contributed by atoms with Crippen LogP contribution in [0.15, 0.2) is 23.1 Å². The van der Waals surface area contributed by atoms with Crippen LogP contribution in [0.5, 0.6) is 0 Å². The van der Waals surface area contributed by atoms with Gasteiger partial charge in [-0.1, -0.05) is 11.6 Å². The summed E-state index contributed by atoms with van der Waals surface area (Å²) in [5.74, 6) is 0. The Bertz CT molecular complexity index is 327. The molecule has 1 N–H and O–H groups in total. The molecule has 0 atom stereocenters. The molecule has 1 nitrogen and oxygen atoms in total. The van der Waals surface area contributed by atoms with Gasteiger partial charge in [0.2, 0.25) is 0 Å². The van der Waals surface area contributed by atoms with Crippen molar-refractivity contribution in [1.82, 2.24) is 4.72 Å². The van der Waals surface area contributed by atoms with Crippen molar-refractivity contribution >= 4 is 23.5 Å². The highest BCUT2D eigenvalue weighted by Gasteiger charge is 2.30. The molecular formula is C8H7ClF3NS. The second-order valence-corrected chi connectivity index (χ2v) is 3.91. The highest BCUT2D eigenvalue weighted by Crippen LogP contribution is 2.34. The van der Waals surface area contributed by atoms with Crippen LogP contribution in [-0.2, 0) is 6.18 Å². The highest BCUT2D eigenvalue weighted by molar-refractivity contribution is 7.97. The van der Waals surface area contributed by atoms with E-state index in [4.69, 9.17) is 11.6 Å². The van der Waals surface area contributed by atoms with Crippen LogP contribution >= 0.6 is 23.5 Å². The molecule has 0 aliphatic rings. The molecule has 1 rings (SSSR count). The Labute approximate surface area is 88.8 Å². The molecule has 1 aromatic rings. The first-order valence-corrected chi connectivity index (χ1v) is 4.85. The maximum absolute atomic E-state index is 12.2. The van der Waals surface area contributed by atoms with Gasteiger partial charge in [0.1, 0.15) is 0 Å². The van der Waals surface area contributed by atoms with Crippen LogP contribution in [0.4, 0.5) is 13.2 Å². The van der Waals surface area contributed by atoms with Gasteiger partial charge >= 0.3 is 6.18 Å². The number of rotatable bonds is 2. The fraction of sp³-hybridized carbons (Fsp3) is 0.250. The summed E-state index contributed by atoms with van der Waals surface area (Å²) in [4.78, 5) is 0.571. The van der Waals surface area contributed by atoms with Gasteiger partial charge in [-0.2, -0.15) is 13.2 Å². The van der Waals surface area contributed by atoms with Crippen LogP contribution in [0.3, 0.4) is 0 Å². The van der Waals surface area contributed by atoms with Gasteiger partial charge in [-0.3, -0.25) is 4.72 Å². The lowest BCUT2D eigenvalue weighted by Crippen LogP contribution is -2.04. The van der Waals surface area contributed by atoms with Crippen LogP contribution in [-0.4, -0.2) is 7.05 Å². The van der Waals surface area contributed by atoms with Gasteiger partial charge in [-0.05, 0) is 37.2 Å². The van der Waals surface area contributed by atoms with Crippen molar-refractivity contribution in [3.63, 3.8) is 0 Å². The van der Waals surface area contributed by atoms with Crippen LogP contribution in [0, 0.1) is 0 Å². The van der Waals surface area contributed by atoms with E-state index in [9.17, 15) is 13.2 Å². The van der Waals surface area contributed by atoms with Gasteiger partial charge in [0, 0.05) is 4.90 Å². The minimum absolute atomic E-state index is 0.0965. The van der Waals surface area contributed by atoms with Crippen LogP contribution < -0.4 is 4.72 Å². The molecule has 0 aliphatic carbocycles. The fourth-order valence-electron chi connectivity index (χ4n) is 0.870. The second-order valence-electron chi connectivity index (χ2n) is 2.45. The molecule has 0 amide bonds. The third-order valence-electron chi connectivity index (χ3n) is 1.47. The first kappa shape index (κ1) is 11.7. The summed E-state index contributed by atoms with van der Waals surface area (Å²) < 4.78 is 39.3. The molecule has 0 bridgehead atoms. The maximum Gasteiger partial charge on any atom is 0.416 e. The summed E-state index contributed by atoms with van der Waals surface area (Å²) in [7, 11) is 1.67. The summed E-state index contributed by atoms with van der Waals surface area (Å²) in [6.07, 6.45) is -4.34. The normalized spacial score (nSPS) is 11.8. The van der Waals surface area contributed by atoms with Crippen molar-refractivity contribution in [2.75, 3.05) is 7.05 Å². The Kier molecular flexibility index (Phi) is 3.69. The summed E-state index contributed by atoms with van der Waals surface area (Å²) in [5.41, 5.74) is -0.733. The van der Waals surface area contributed by atoms with E-state index in [2.05, 4.69) is 4.72 Å². The van der Waals surface area contributed by atoms with Gasteiger partial charge in [0.15, 0.2) is 0 Å². The summed E-state index contributed by atoms with van der Waals surface area (Å²) in [6.45, 7) is 0. The van der Waals surface area contributed by atoms with Crippen molar-refractivity contribution < 1.29 is 13.2 Å². The summed E-state index contributed by atoms with van der Waals surface area (Å²) in [5, 5.41) is 0.0965. The lowest BCUT2D eigenvalue weighted by atomic mass is 10.2. The molecule has 78 valence electrons. The molecule has 0 aromatic heterocycles. The Morgan fingerprint density at radius 3 is 2.43 bits per heavy atom. The van der Waals surface area contributed by atoms with Crippen LogP contribution in [0.25, 0.3) is 0 Å². The highest BCUT2D eigenvalue weighted by atomic mass is 35.5. The molecule has 0 spiro atoms. The van der Waals surface area contributed by atoms with Gasteiger partial charge in [0.05, 0.1) is 10.6 Å². The molecule has 14 heavy (non-hydrogen) atoms. The second kappa shape index (κ2) is 4.42. The third-order valence-corrected chi connectivity index (χ3v) is 2.68. The minimum atomic E-state index is -4.34. The van der Waals surface area contributed by atoms with Crippen molar-refractivity contribution in [3.8, 4) is 0 Å². The number of benzene rings is 1. The van der Waals surface area contributed by atoms with E-state index < -0.39 is 11.7 Å². The quantitative estimate of drug-likeness (QED) is 0.795. The van der Waals surface area contributed by atoms with Gasteiger partial charge in [0.25, 0.3) is 0 Å². The predicted octanol–water partition coefficient (Wildman–Crippen LogP) is 3.59. The van der Waals surface area contributed by atoms with E-state index >= 15 is 0 Å². The lowest BCUT2D eigenvalue weighted by Gasteiger charge is -2.08. The summed E-state index contributed by atoms with van der Waals surface area (Å²) >= 11 is 6.83. The summed E-state index contributed by atoms with van der Waals surface area (Å²) in [6, 6.07) is 3.26. The Hall–Kier alpha value is -0.390. The number of nitrogens with one attached hydrogen (secondary N) is 1. The molecule has 0 saturated carbocycles. The molecule has 0 fully saturated rings. The minimum Gasteiger partial charge on any atom is -0.263 e. The molecule has 1 aromatic carbocycles. The largest absolute Gasteiger partial charge is 0.416 e. The van der Waals surface area contributed by atoms with Crippen molar-refractivity contribution in [1.29, 1.82) is 0 Å². The van der Waals surface area contributed by atoms with Gasteiger partial charge in [-0.25, -0.2) is 0 Å². The van der Waals surface area contributed by atoms with E-state index in [0.29, 0.717) is 4.90 Å². The Morgan fingerprint density at radius 2 is 2.00 bits per heavy atom. The molecule has 0 heterocycles. The first-order valence-electron chi connectivity index (χ1n) is 3.65. The van der Waals surface area contributed by atoms with Crippen LogP contribution in [0.2, 0.25) is 5.02 Å². The van der Waals surface area contributed by atoms with E-state index in [-0.39, 0.29) is 5.02 Å². The Balaban J connectivity index is 3.01. The number of hydrogen-bond acceptors (Lipinski definition) is 2. The zero-order chi connectivity index (χ0) is 10.8. The number of halogens is 4. The molecule has 0 unspecified atom stereocenters. The van der Waals surface area contributed by atoms with E-state index in [0.717, 1.165) is 12.1 Å². The number of alkyl halides is 3. The lowest BCUT2D eigenvalue weighted by molar-refractivity contribution is -0.137. The first-order chi connectivity index (χ1) is 6.45. The molecule has 0 saturated heterocycles. The average molecular weight is 242 g/mol. The van der Waals surface area contributed by atoms with Gasteiger partial charge in [-0.15, -0.1) is 0 Å². The predicted molar refractivity (Wildman–Crippen MR) is 51.4 cm³/mol. The molecule has 0 aliphatic heterocycles. The topological polar surface area (TPSA) is 12.0 Å². The van der Waals surface area contributed by atoms with E-state index in [1.165, 1.54) is 18.0 Å². The average Bonchev–Trinajstić information content (AvgIpc) is 2.07. The van der Waals surface area contributed by atoms with Crippen molar-refractivity contribution in [2.24, 2.45) is 0 Å². The Morgan fingerprint density at radius 1 is 1.36 bits per heavy atom. The number of hydrogen-bond donors (Lipinski definition) is 1. The smallest absolute Gasteiger partial charge is 0.263 e. The van der Waals surface area contributed by atoms with Crippen LogP contribution in [0.1, 0.15) is 5.56 Å². The van der Waals surface area contributed by atoms with Gasteiger partial charge < -0.3 is 0 Å². The third kappa shape index (κ3) is 2.80. The van der Waals surface area contributed by atoms with Crippen molar-refractivity contribution in [2.45, 2.75) is 11.1 Å². The molecule has 6 heteroatoms. The SMILES string of the molecule is CNSc1ccc(C(F)(F)F)cc1Cl.